The minimum atomic E-state index is -0.258. The fraction of sp³-hybridized carbons (Fsp3) is 0.385. The first-order valence-electron chi connectivity index (χ1n) is 11.4. The molecule has 6 nitrogen and oxygen atoms in total. The first-order chi connectivity index (χ1) is 16.0. The van der Waals surface area contributed by atoms with Crippen molar-refractivity contribution in [2.75, 3.05) is 25.0 Å². The number of benzene rings is 1. The Labute approximate surface area is 198 Å². The first-order valence-corrected chi connectivity index (χ1v) is 12.2. The molecule has 2 aromatic heterocycles. The monoisotopic (exact) mass is 466 g/mol. The quantitative estimate of drug-likeness (QED) is 0.461. The third-order valence-corrected chi connectivity index (χ3v) is 7.04. The molecule has 1 fully saturated rings. The molecule has 3 aromatic rings. The van der Waals surface area contributed by atoms with Gasteiger partial charge in [0.2, 0.25) is 0 Å². The summed E-state index contributed by atoms with van der Waals surface area (Å²) in [5.74, 6) is -0.120. The number of rotatable bonds is 7. The van der Waals surface area contributed by atoms with Crippen LogP contribution in [0.25, 0.3) is 0 Å². The number of piperidine rings is 1. The van der Waals surface area contributed by atoms with Crippen LogP contribution in [-0.4, -0.2) is 36.5 Å². The molecule has 3 heterocycles. The molecule has 174 valence electrons. The van der Waals surface area contributed by atoms with Crippen molar-refractivity contribution in [3.8, 4) is 0 Å². The lowest BCUT2D eigenvalue weighted by Gasteiger charge is -2.37. The summed E-state index contributed by atoms with van der Waals surface area (Å²) in [6, 6.07) is 14.0. The molecular formula is C26H30N2O4S. The summed E-state index contributed by atoms with van der Waals surface area (Å²) in [6.07, 6.45) is 3.02. The van der Waals surface area contributed by atoms with E-state index in [1.807, 2.05) is 6.92 Å². The average Bonchev–Trinajstić information content (AvgIpc) is 3.46. The zero-order valence-corrected chi connectivity index (χ0v) is 20.1. The van der Waals surface area contributed by atoms with Gasteiger partial charge in [-0.2, -0.15) is 0 Å². The Hall–Kier alpha value is -2.90. The van der Waals surface area contributed by atoms with Crippen LogP contribution in [0.3, 0.4) is 0 Å². The number of hydrogen-bond donors (Lipinski definition) is 1. The Morgan fingerprint density at radius 1 is 1.18 bits per heavy atom. The molecule has 0 bridgehead atoms. The highest BCUT2D eigenvalue weighted by Crippen LogP contribution is 2.40. The van der Waals surface area contributed by atoms with Gasteiger partial charge in [-0.15, -0.1) is 11.3 Å². The van der Waals surface area contributed by atoms with Crippen molar-refractivity contribution in [3.05, 3.63) is 76.1 Å². The van der Waals surface area contributed by atoms with Gasteiger partial charge in [0.15, 0.2) is 5.76 Å². The molecule has 7 heteroatoms. The van der Waals surface area contributed by atoms with E-state index in [0.717, 1.165) is 41.4 Å². The second-order valence-electron chi connectivity index (χ2n) is 8.45. The van der Waals surface area contributed by atoms with E-state index in [1.54, 1.807) is 23.5 Å². The van der Waals surface area contributed by atoms with E-state index >= 15 is 0 Å². The number of thiophene rings is 1. The number of carbonyl (C=O) groups is 2. The topological polar surface area (TPSA) is 71.8 Å². The third-order valence-electron chi connectivity index (χ3n) is 6.06. The molecule has 1 saturated heterocycles. The second-order valence-corrected chi connectivity index (χ2v) is 9.70. The number of esters is 1. The molecule has 1 atom stereocenters. The summed E-state index contributed by atoms with van der Waals surface area (Å²) in [5, 5.41) is 3.89. The van der Waals surface area contributed by atoms with E-state index in [-0.39, 0.29) is 29.6 Å². The van der Waals surface area contributed by atoms with Gasteiger partial charge in [0.25, 0.3) is 5.91 Å². The van der Waals surface area contributed by atoms with Gasteiger partial charge in [0, 0.05) is 10.4 Å². The van der Waals surface area contributed by atoms with Crippen molar-refractivity contribution in [1.82, 2.24) is 4.90 Å². The van der Waals surface area contributed by atoms with Gasteiger partial charge in [0.1, 0.15) is 5.00 Å². The molecule has 1 aliphatic heterocycles. The van der Waals surface area contributed by atoms with Gasteiger partial charge in [-0.25, -0.2) is 0 Å². The smallest absolute Gasteiger partial charge is 0.309 e. The highest BCUT2D eigenvalue weighted by Gasteiger charge is 2.33. The molecule has 0 radical (unpaired) electrons. The Morgan fingerprint density at radius 2 is 1.91 bits per heavy atom. The second kappa shape index (κ2) is 10.4. The van der Waals surface area contributed by atoms with E-state index in [2.05, 4.69) is 54.4 Å². The lowest BCUT2D eigenvalue weighted by Crippen LogP contribution is -2.39. The average molecular weight is 467 g/mol. The predicted molar refractivity (Wildman–Crippen MR) is 130 cm³/mol. The summed E-state index contributed by atoms with van der Waals surface area (Å²) < 4.78 is 10.5. The predicted octanol–water partition coefficient (Wildman–Crippen LogP) is 5.57. The fourth-order valence-electron chi connectivity index (χ4n) is 4.40. The summed E-state index contributed by atoms with van der Waals surface area (Å²) in [7, 11) is 0. The summed E-state index contributed by atoms with van der Waals surface area (Å²) >= 11 is 1.57. The molecule has 33 heavy (non-hydrogen) atoms. The van der Waals surface area contributed by atoms with Crippen LogP contribution in [0.4, 0.5) is 5.00 Å². The van der Waals surface area contributed by atoms with E-state index in [9.17, 15) is 9.59 Å². The van der Waals surface area contributed by atoms with Gasteiger partial charge in [0.05, 0.1) is 24.8 Å². The molecule has 1 amide bonds. The first kappa shape index (κ1) is 23.3. The van der Waals surface area contributed by atoms with Gasteiger partial charge < -0.3 is 14.5 Å². The van der Waals surface area contributed by atoms with Crippen molar-refractivity contribution in [1.29, 1.82) is 0 Å². The number of carbonyl (C=O) groups excluding carboxylic acids is 2. The maximum Gasteiger partial charge on any atom is 0.309 e. The van der Waals surface area contributed by atoms with Gasteiger partial charge in [-0.1, -0.05) is 29.8 Å². The molecule has 0 unspecified atom stereocenters. The number of amides is 1. The van der Waals surface area contributed by atoms with Crippen molar-refractivity contribution in [2.45, 2.75) is 39.7 Å². The van der Waals surface area contributed by atoms with Crippen LogP contribution in [0.5, 0.6) is 0 Å². The number of hydrogen-bond acceptors (Lipinski definition) is 6. The van der Waals surface area contributed by atoms with Crippen LogP contribution >= 0.6 is 11.3 Å². The van der Waals surface area contributed by atoms with Crippen LogP contribution < -0.4 is 5.32 Å². The zero-order chi connectivity index (χ0) is 23.4. The molecular weight excluding hydrogens is 436 g/mol. The Kier molecular flexibility index (Phi) is 7.30. The summed E-state index contributed by atoms with van der Waals surface area (Å²) in [6.45, 7) is 7.95. The SMILES string of the molecule is CCOC(=O)C1CCN([C@@H](c2ccc(C)cc2)c2cc(C)sc2NC(=O)c2ccco2)CC1. The summed E-state index contributed by atoms with van der Waals surface area (Å²) in [4.78, 5) is 28.5. The number of ether oxygens (including phenoxy) is 1. The van der Waals surface area contributed by atoms with Crippen molar-refractivity contribution >= 4 is 28.2 Å². The van der Waals surface area contributed by atoms with Gasteiger partial charge in [-0.3, -0.25) is 14.5 Å². The minimum Gasteiger partial charge on any atom is -0.466 e. The van der Waals surface area contributed by atoms with E-state index < -0.39 is 0 Å². The lowest BCUT2D eigenvalue weighted by atomic mass is 9.91. The van der Waals surface area contributed by atoms with Gasteiger partial charge >= 0.3 is 5.97 Å². The van der Waals surface area contributed by atoms with E-state index in [4.69, 9.17) is 9.15 Å². The third kappa shape index (κ3) is 5.37. The largest absolute Gasteiger partial charge is 0.466 e. The molecule has 0 spiro atoms. The molecule has 1 aromatic carbocycles. The normalized spacial score (nSPS) is 15.8. The van der Waals surface area contributed by atoms with Crippen molar-refractivity contribution in [3.63, 3.8) is 0 Å². The lowest BCUT2D eigenvalue weighted by molar-refractivity contribution is -0.149. The maximum atomic E-state index is 12.7. The number of nitrogens with zero attached hydrogens (tertiary/aromatic N) is 1. The number of aryl methyl sites for hydroxylation is 2. The number of likely N-dealkylation sites (tertiary alicyclic amines) is 1. The van der Waals surface area contributed by atoms with Gasteiger partial charge in [-0.05, 0) is 70.5 Å². The van der Waals surface area contributed by atoms with E-state index in [1.165, 1.54) is 17.4 Å². The Bertz CT molecular complexity index is 1080. The summed E-state index contributed by atoms with van der Waals surface area (Å²) in [5.41, 5.74) is 3.43. The van der Waals surface area contributed by atoms with Crippen LogP contribution in [0.15, 0.2) is 53.1 Å². The van der Waals surface area contributed by atoms with Crippen LogP contribution in [0.2, 0.25) is 0 Å². The van der Waals surface area contributed by atoms with Crippen LogP contribution in [-0.2, 0) is 9.53 Å². The minimum absolute atomic E-state index is 0.0226. The molecule has 1 N–H and O–H groups in total. The molecule has 4 rings (SSSR count). The number of nitrogens with one attached hydrogen (secondary N) is 1. The van der Waals surface area contributed by atoms with Crippen molar-refractivity contribution in [2.24, 2.45) is 5.92 Å². The Morgan fingerprint density at radius 3 is 2.55 bits per heavy atom. The fourth-order valence-corrected chi connectivity index (χ4v) is 5.34. The highest BCUT2D eigenvalue weighted by atomic mass is 32.1. The van der Waals surface area contributed by atoms with Crippen molar-refractivity contribution < 1.29 is 18.7 Å². The van der Waals surface area contributed by atoms with E-state index in [0.29, 0.717) is 6.61 Å². The number of anilines is 1. The molecule has 1 aliphatic rings. The zero-order valence-electron chi connectivity index (χ0n) is 19.3. The highest BCUT2D eigenvalue weighted by molar-refractivity contribution is 7.16. The van der Waals surface area contributed by atoms with Crippen LogP contribution in [0, 0.1) is 19.8 Å². The standard InChI is InChI=1S/C26H30N2O4S/c1-4-31-26(30)20-11-13-28(14-12-20)23(19-9-7-17(2)8-10-19)21-16-18(3)33-25(21)27-24(29)22-6-5-15-32-22/h5-10,15-16,20,23H,4,11-14H2,1-3H3,(H,27,29)/t23-/m0/s1. The molecule has 0 saturated carbocycles. The molecule has 0 aliphatic carbocycles. The number of furan rings is 1. The Balaban J connectivity index is 1.63. The maximum absolute atomic E-state index is 12.7. The van der Waals surface area contributed by atoms with Crippen LogP contribution in [0.1, 0.15) is 57.9 Å².